The second kappa shape index (κ2) is 8.90. The number of halogens is 4. The number of carbonyl (C=O) groups excluding carboxylic acids is 2. The van der Waals surface area contributed by atoms with Crippen LogP contribution in [0.15, 0.2) is 42.1 Å². The Labute approximate surface area is 175 Å². The molecule has 3 rings (SSSR count). The molecule has 2 aromatic rings. The summed E-state index contributed by atoms with van der Waals surface area (Å²) in [5.41, 5.74) is 0.358. The van der Waals surface area contributed by atoms with Crippen LogP contribution < -0.4 is 5.32 Å². The van der Waals surface area contributed by atoms with Crippen molar-refractivity contribution in [2.75, 3.05) is 25.6 Å². The molecule has 0 saturated heterocycles. The van der Waals surface area contributed by atoms with Crippen LogP contribution in [0.25, 0.3) is 5.57 Å². The van der Waals surface area contributed by atoms with Crippen LogP contribution in [0.5, 0.6) is 0 Å². The maximum Gasteiger partial charge on any atom is 0.278 e. The fourth-order valence-electron chi connectivity index (χ4n) is 2.92. The quantitative estimate of drug-likeness (QED) is 0.508. The number of methoxy groups -OCH3 is 1. The smallest absolute Gasteiger partial charge is 0.278 e. The Balaban J connectivity index is 2.05. The van der Waals surface area contributed by atoms with E-state index in [2.05, 4.69) is 5.32 Å². The number of hydrogen-bond acceptors (Lipinski definition) is 4. The third-order valence-electron chi connectivity index (χ3n) is 4.29. The SMILES string of the molecule is COCCCN1C(=O)C(Nc2ccc(F)c(F)c2)=C(c2ccc(Cl)cc2Cl)C1=O. The van der Waals surface area contributed by atoms with E-state index >= 15 is 0 Å². The number of rotatable bonds is 7. The van der Waals surface area contributed by atoms with Crippen molar-refractivity contribution in [2.45, 2.75) is 6.42 Å². The highest BCUT2D eigenvalue weighted by Gasteiger charge is 2.39. The normalized spacial score (nSPS) is 14.2. The average molecular weight is 441 g/mol. The number of amides is 2. The first-order valence-electron chi connectivity index (χ1n) is 8.60. The summed E-state index contributed by atoms with van der Waals surface area (Å²) in [4.78, 5) is 27.0. The molecule has 0 atom stereocenters. The summed E-state index contributed by atoms with van der Waals surface area (Å²) in [7, 11) is 1.51. The monoisotopic (exact) mass is 440 g/mol. The van der Waals surface area contributed by atoms with Gasteiger partial charge in [-0.05, 0) is 30.7 Å². The molecule has 152 valence electrons. The number of imide groups is 1. The zero-order valence-corrected chi connectivity index (χ0v) is 16.8. The predicted molar refractivity (Wildman–Crippen MR) is 107 cm³/mol. The van der Waals surface area contributed by atoms with E-state index in [9.17, 15) is 18.4 Å². The Morgan fingerprint density at radius 1 is 1.03 bits per heavy atom. The summed E-state index contributed by atoms with van der Waals surface area (Å²) in [6.45, 7) is 0.489. The van der Waals surface area contributed by atoms with E-state index in [4.69, 9.17) is 27.9 Å². The number of nitrogens with one attached hydrogen (secondary N) is 1. The lowest BCUT2D eigenvalue weighted by atomic mass is 10.0. The van der Waals surface area contributed by atoms with E-state index in [-0.39, 0.29) is 28.5 Å². The molecule has 29 heavy (non-hydrogen) atoms. The van der Waals surface area contributed by atoms with Crippen molar-refractivity contribution in [1.82, 2.24) is 4.90 Å². The van der Waals surface area contributed by atoms with Crippen molar-refractivity contribution in [2.24, 2.45) is 0 Å². The van der Waals surface area contributed by atoms with Gasteiger partial charge in [0, 0.05) is 42.6 Å². The van der Waals surface area contributed by atoms with E-state index < -0.39 is 23.4 Å². The molecule has 2 aromatic carbocycles. The van der Waals surface area contributed by atoms with E-state index in [1.54, 1.807) is 0 Å². The second-order valence-electron chi connectivity index (χ2n) is 6.24. The van der Waals surface area contributed by atoms with Gasteiger partial charge in [-0.1, -0.05) is 29.3 Å². The molecule has 0 aromatic heterocycles. The Bertz CT molecular complexity index is 1010. The maximum atomic E-state index is 13.6. The number of nitrogens with zero attached hydrogens (tertiary/aromatic N) is 1. The van der Waals surface area contributed by atoms with Crippen molar-refractivity contribution in [3.05, 3.63) is 69.3 Å². The lowest BCUT2D eigenvalue weighted by Crippen LogP contribution is -2.33. The standard InChI is InChI=1S/C20H16Cl2F2N2O3/c1-29-8-2-7-26-19(27)17(13-5-3-11(21)9-14(13)22)18(20(26)28)25-12-4-6-15(23)16(24)10-12/h3-6,9-10,25H,2,7-8H2,1H3. The Hall–Kier alpha value is -2.48. The van der Waals surface area contributed by atoms with Crippen molar-refractivity contribution < 1.29 is 23.1 Å². The zero-order chi connectivity index (χ0) is 21.1. The number of hydrogen-bond donors (Lipinski definition) is 1. The molecule has 1 heterocycles. The molecule has 1 N–H and O–H groups in total. The molecule has 0 fully saturated rings. The van der Waals surface area contributed by atoms with Crippen LogP contribution in [-0.2, 0) is 14.3 Å². The Morgan fingerprint density at radius 2 is 1.79 bits per heavy atom. The minimum absolute atomic E-state index is 0.0267. The summed E-state index contributed by atoms with van der Waals surface area (Å²) >= 11 is 12.2. The molecule has 0 radical (unpaired) electrons. The topological polar surface area (TPSA) is 58.6 Å². The summed E-state index contributed by atoms with van der Waals surface area (Å²) in [6.07, 6.45) is 0.439. The largest absolute Gasteiger partial charge is 0.385 e. The van der Waals surface area contributed by atoms with Gasteiger partial charge in [-0.3, -0.25) is 14.5 Å². The summed E-state index contributed by atoms with van der Waals surface area (Å²) < 4.78 is 31.8. The fraction of sp³-hybridized carbons (Fsp3) is 0.200. The van der Waals surface area contributed by atoms with Gasteiger partial charge in [-0.15, -0.1) is 0 Å². The van der Waals surface area contributed by atoms with Crippen molar-refractivity contribution in [3.8, 4) is 0 Å². The maximum absolute atomic E-state index is 13.6. The molecule has 0 unspecified atom stereocenters. The van der Waals surface area contributed by atoms with Crippen LogP contribution >= 0.6 is 23.2 Å². The molecule has 1 aliphatic heterocycles. The van der Waals surface area contributed by atoms with Crippen molar-refractivity contribution >= 4 is 46.3 Å². The van der Waals surface area contributed by atoms with E-state index in [1.807, 2.05) is 0 Å². The molecular formula is C20H16Cl2F2N2O3. The van der Waals surface area contributed by atoms with E-state index in [1.165, 1.54) is 31.4 Å². The number of ether oxygens (including phenoxy) is 1. The first-order chi connectivity index (χ1) is 13.8. The molecule has 0 saturated carbocycles. The van der Waals surface area contributed by atoms with Gasteiger partial charge in [0.2, 0.25) is 0 Å². The van der Waals surface area contributed by atoms with Gasteiger partial charge in [0.05, 0.1) is 10.6 Å². The van der Waals surface area contributed by atoms with Gasteiger partial charge in [-0.25, -0.2) is 8.78 Å². The predicted octanol–water partition coefficient (Wildman–Crippen LogP) is 4.50. The molecule has 9 heteroatoms. The van der Waals surface area contributed by atoms with Crippen LogP contribution in [0.1, 0.15) is 12.0 Å². The minimum atomic E-state index is -1.09. The molecule has 0 aliphatic carbocycles. The zero-order valence-electron chi connectivity index (χ0n) is 15.3. The summed E-state index contributed by atoms with van der Waals surface area (Å²) in [5, 5.41) is 3.28. The first kappa shape index (κ1) is 21.2. The van der Waals surface area contributed by atoms with Gasteiger partial charge in [0.15, 0.2) is 11.6 Å². The van der Waals surface area contributed by atoms with Crippen LogP contribution in [-0.4, -0.2) is 37.0 Å². The molecule has 2 amide bonds. The highest BCUT2D eigenvalue weighted by Crippen LogP contribution is 2.35. The molecule has 1 aliphatic rings. The van der Waals surface area contributed by atoms with Gasteiger partial charge >= 0.3 is 0 Å². The third-order valence-corrected chi connectivity index (χ3v) is 4.84. The lowest BCUT2D eigenvalue weighted by molar-refractivity contribution is -0.136. The third kappa shape index (κ3) is 4.42. The summed E-state index contributed by atoms with van der Waals surface area (Å²) in [5.74, 6) is -3.27. The lowest BCUT2D eigenvalue weighted by Gasteiger charge is -2.15. The Morgan fingerprint density at radius 3 is 2.45 bits per heavy atom. The number of anilines is 1. The van der Waals surface area contributed by atoms with Gasteiger partial charge in [0.1, 0.15) is 5.70 Å². The number of carbonyl (C=O) groups is 2. The fourth-order valence-corrected chi connectivity index (χ4v) is 3.43. The number of benzene rings is 2. The van der Waals surface area contributed by atoms with Crippen LogP contribution in [0.3, 0.4) is 0 Å². The second-order valence-corrected chi connectivity index (χ2v) is 7.08. The molecule has 0 spiro atoms. The van der Waals surface area contributed by atoms with Gasteiger partial charge < -0.3 is 10.1 Å². The molecule has 0 bridgehead atoms. The minimum Gasteiger partial charge on any atom is -0.385 e. The van der Waals surface area contributed by atoms with Crippen LogP contribution in [0.2, 0.25) is 10.0 Å². The molecule has 5 nitrogen and oxygen atoms in total. The Kier molecular flexibility index (Phi) is 6.52. The van der Waals surface area contributed by atoms with Crippen LogP contribution in [0, 0.1) is 11.6 Å². The van der Waals surface area contributed by atoms with Gasteiger partial charge in [0.25, 0.3) is 11.8 Å². The average Bonchev–Trinajstić information content (AvgIpc) is 2.89. The van der Waals surface area contributed by atoms with Crippen molar-refractivity contribution in [3.63, 3.8) is 0 Å². The van der Waals surface area contributed by atoms with E-state index in [0.29, 0.717) is 23.6 Å². The van der Waals surface area contributed by atoms with Crippen LogP contribution in [0.4, 0.5) is 14.5 Å². The first-order valence-corrected chi connectivity index (χ1v) is 9.36. The van der Waals surface area contributed by atoms with Gasteiger partial charge in [-0.2, -0.15) is 0 Å². The highest BCUT2D eigenvalue weighted by molar-refractivity contribution is 6.41. The molecular weight excluding hydrogens is 425 g/mol. The highest BCUT2D eigenvalue weighted by atomic mass is 35.5. The van der Waals surface area contributed by atoms with Crippen molar-refractivity contribution in [1.29, 1.82) is 0 Å². The van der Waals surface area contributed by atoms with E-state index in [0.717, 1.165) is 17.0 Å². The summed E-state index contributed by atoms with van der Waals surface area (Å²) in [6, 6.07) is 7.59.